The molecule has 92 valence electrons. The lowest BCUT2D eigenvalue weighted by Crippen LogP contribution is -2.00. The summed E-state index contributed by atoms with van der Waals surface area (Å²) in [5.74, 6) is -0.0108. The summed E-state index contributed by atoms with van der Waals surface area (Å²) in [5, 5.41) is 30.2. The molecule has 1 unspecified atom stereocenters. The Kier molecular flexibility index (Phi) is 3.25. The van der Waals surface area contributed by atoms with Crippen LogP contribution in [0.4, 0.5) is 5.69 Å². The molecule has 0 amide bonds. The lowest BCUT2D eigenvalue weighted by molar-refractivity contribution is -0.384. The number of hydrogen-bond acceptors (Lipinski definition) is 4. The van der Waals surface area contributed by atoms with Crippen molar-refractivity contribution in [1.29, 1.82) is 0 Å². The number of non-ortho nitro benzene ring substituents is 1. The normalized spacial score (nSPS) is 12.1. The summed E-state index contributed by atoms with van der Waals surface area (Å²) >= 11 is 0. The quantitative estimate of drug-likeness (QED) is 0.642. The number of phenols is 1. The van der Waals surface area contributed by atoms with Crippen molar-refractivity contribution < 1.29 is 15.1 Å². The van der Waals surface area contributed by atoms with Crippen LogP contribution in [-0.2, 0) is 0 Å². The van der Waals surface area contributed by atoms with Crippen LogP contribution in [0.5, 0.6) is 5.75 Å². The van der Waals surface area contributed by atoms with Crippen molar-refractivity contribution in [3.8, 4) is 5.75 Å². The van der Waals surface area contributed by atoms with Gasteiger partial charge in [-0.25, -0.2) is 0 Å². The fourth-order valence-electron chi connectivity index (χ4n) is 1.68. The Balaban J connectivity index is 2.32. The van der Waals surface area contributed by atoms with E-state index >= 15 is 0 Å². The summed E-state index contributed by atoms with van der Waals surface area (Å²) in [6.45, 7) is 0. The van der Waals surface area contributed by atoms with Crippen LogP contribution in [0.3, 0.4) is 0 Å². The molecular formula is C13H11NO4. The van der Waals surface area contributed by atoms with Crippen LogP contribution in [-0.4, -0.2) is 15.1 Å². The zero-order valence-corrected chi connectivity index (χ0v) is 9.35. The van der Waals surface area contributed by atoms with E-state index in [1.807, 2.05) is 0 Å². The first kappa shape index (κ1) is 12.1. The molecule has 0 aliphatic rings. The Morgan fingerprint density at radius 2 is 1.67 bits per heavy atom. The number of para-hydroxylation sites is 1. The molecule has 1 atom stereocenters. The van der Waals surface area contributed by atoms with Crippen molar-refractivity contribution in [2.75, 3.05) is 0 Å². The first-order valence-electron chi connectivity index (χ1n) is 5.30. The van der Waals surface area contributed by atoms with E-state index in [1.54, 1.807) is 18.2 Å². The second-order valence-electron chi connectivity index (χ2n) is 3.81. The Bertz CT molecular complexity index is 565. The van der Waals surface area contributed by atoms with Gasteiger partial charge in [-0.3, -0.25) is 10.1 Å². The van der Waals surface area contributed by atoms with Gasteiger partial charge in [-0.2, -0.15) is 0 Å². The van der Waals surface area contributed by atoms with Crippen LogP contribution in [0.25, 0.3) is 0 Å². The minimum absolute atomic E-state index is 0.0108. The number of rotatable bonds is 3. The summed E-state index contributed by atoms with van der Waals surface area (Å²) in [6, 6.07) is 12.0. The number of phenolic OH excluding ortho intramolecular Hbond substituents is 1. The van der Waals surface area contributed by atoms with Gasteiger partial charge in [-0.05, 0) is 23.8 Å². The second-order valence-corrected chi connectivity index (χ2v) is 3.81. The molecule has 0 radical (unpaired) electrons. The number of nitro groups is 1. The number of nitro benzene ring substituents is 1. The number of nitrogens with zero attached hydrogens (tertiary/aromatic N) is 1. The van der Waals surface area contributed by atoms with Crippen molar-refractivity contribution in [3.63, 3.8) is 0 Å². The van der Waals surface area contributed by atoms with Gasteiger partial charge in [-0.1, -0.05) is 18.2 Å². The van der Waals surface area contributed by atoms with Gasteiger partial charge in [0.2, 0.25) is 0 Å². The van der Waals surface area contributed by atoms with Gasteiger partial charge in [0.25, 0.3) is 5.69 Å². The molecule has 0 heterocycles. The first-order chi connectivity index (χ1) is 8.59. The highest BCUT2D eigenvalue weighted by Gasteiger charge is 2.15. The molecule has 0 spiro atoms. The Hall–Kier alpha value is -2.40. The van der Waals surface area contributed by atoms with Crippen LogP contribution < -0.4 is 0 Å². The summed E-state index contributed by atoms with van der Waals surface area (Å²) in [6.07, 6.45) is -1.01. The van der Waals surface area contributed by atoms with Gasteiger partial charge in [-0.15, -0.1) is 0 Å². The maximum atomic E-state index is 10.5. The predicted octanol–water partition coefficient (Wildman–Crippen LogP) is 2.38. The smallest absolute Gasteiger partial charge is 0.269 e. The minimum atomic E-state index is -1.01. The van der Waals surface area contributed by atoms with E-state index in [-0.39, 0.29) is 11.4 Å². The van der Waals surface area contributed by atoms with Crippen LogP contribution in [0.1, 0.15) is 17.2 Å². The number of hydrogen-bond donors (Lipinski definition) is 2. The molecule has 0 saturated carbocycles. The largest absolute Gasteiger partial charge is 0.508 e. The van der Waals surface area contributed by atoms with E-state index in [1.165, 1.54) is 30.3 Å². The number of aliphatic hydroxyl groups excluding tert-OH is 1. The molecule has 0 saturated heterocycles. The fraction of sp³-hybridized carbons (Fsp3) is 0.0769. The van der Waals surface area contributed by atoms with E-state index < -0.39 is 11.0 Å². The van der Waals surface area contributed by atoms with Crippen molar-refractivity contribution in [1.82, 2.24) is 0 Å². The third-order valence-corrected chi connectivity index (χ3v) is 2.65. The number of aliphatic hydroxyl groups is 1. The Morgan fingerprint density at radius 3 is 2.22 bits per heavy atom. The van der Waals surface area contributed by atoms with E-state index in [2.05, 4.69) is 0 Å². The van der Waals surface area contributed by atoms with Crippen molar-refractivity contribution in [2.24, 2.45) is 0 Å². The molecule has 0 aliphatic heterocycles. The summed E-state index contributed by atoms with van der Waals surface area (Å²) in [7, 11) is 0. The van der Waals surface area contributed by atoms with Gasteiger partial charge in [0.1, 0.15) is 11.9 Å². The fourth-order valence-corrected chi connectivity index (χ4v) is 1.68. The minimum Gasteiger partial charge on any atom is -0.508 e. The first-order valence-corrected chi connectivity index (χ1v) is 5.30. The highest BCUT2D eigenvalue weighted by Crippen LogP contribution is 2.29. The molecule has 2 rings (SSSR count). The molecule has 2 aromatic carbocycles. The summed E-state index contributed by atoms with van der Waals surface area (Å²) in [4.78, 5) is 10.0. The summed E-state index contributed by atoms with van der Waals surface area (Å²) < 4.78 is 0. The van der Waals surface area contributed by atoms with E-state index in [9.17, 15) is 20.3 Å². The SMILES string of the molecule is O=[N+]([O-])c1ccc(C(O)c2ccccc2O)cc1. The average Bonchev–Trinajstić information content (AvgIpc) is 2.38. The Morgan fingerprint density at radius 1 is 1.06 bits per heavy atom. The lowest BCUT2D eigenvalue weighted by Gasteiger charge is -2.12. The predicted molar refractivity (Wildman–Crippen MR) is 65.3 cm³/mol. The maximum absolute atomic E-state index is 10.5. The monoisotopic (exact) mass is 245 g/mol. The van der Waals surface area contributed by atoms with Gasteiger partial charge < -0.3 is 10.2 Å². The molecule has 0 bridgehead atoms. The van der Waals surface area contributed by atoms with Crippen molar-refractivity contribution in [2.45, 2.75) is 6.10 Å². The van der Waals surface area contributed by atoms with E-state index in [4.69, 9.17) is 0 Å². The number of aromatic hydroxyl groups is 1. The molecule has 0 fully saturated rings. The molecule has 18 heavy (non-hydrogen) atoms. The topological polar surface area (TPSA) is 83.6 Å². The molecule has 2 N–H and O–H groups in total. The van der Waals surface area contributed by atoms with Crippen molar-refractivity contribution in [3.05, 3.63) is 69.8 Å². The number of benzene rings is 2. The third-order valence-electron chi connectivity index (χ3n) is 2.65. The van der Waals surface area contributed by atoms with Crippen LogP contribution in [0.15, 0.2) is 48.5 Å². The molecule has 0 aromatic heterocycles. The highest BCUT2D eigenvalue weighted by molar-refractivity contribution is 5.41. The van der Waals surface area contributed by atoms with Gasteiger partial charge in [0.05, 0.1) is 4.92 Å². The van der Waals surface area contributed by atoms with E-state index in [0.717, 1.165) is 0 Å². The molecular weight excluding hydrogens is 234 g/mol. The lowest BCUT2D eigenvalue weighted by atomic mass is 10.0. The third kappa shape index (κ3) is 2.31. The Labute approximate surface area is 103 Å². The second kappa shape index (κ2) is 4.85. The zero-order chi connectivity index (χ0) is 13.1. The van der Waals surface area contributed by atoms with Crippen LogP contribution >= 0.6 is 0 Å². The standard InChI is InChI=1S/C13H11NO4/c15-12-4-2-1-3-11(12)13(16)9-5-7-10(8-6-9)14(17)18/h1-8,13,15-16H. The average molecular weight is 245 g/mol. The molecule has 2 aromatic rings. The molecule has 0 aliphatic carbocycles. The zero-order valence-electron chi connectivity index (χ0n) is 9.35. The van der Waals surface area contributed by atoms with Gasteiger partial charge in [0, 0.05) is 17.7 Å². The van der Waals surface area contributed by atoms with Crippen LogP contribution in [0, 0.1) is 10.1 Å². The van der Waals surface area contributed by atoms with Crippen LogP contribution in [0.2, 0.25) is 0 Å². The van der Waals surface area contributed by atoms with Gasteiger partial charge in [0.15, 0.2) is 0 Å². The highest BCUT2D eigenvalue weighted by atomic mass is 16.6. The molecule has 5 heteroatoms. The summed E-state index contributed by atoms with van der Waals surface area (Å²) in [5.41, 5.74) is 0.816. The molecule has 5 nitrogen and oxygen atoms in total. The van der Waals surface area contributed by atoms with E-state index in [0.29, 0.717) is 11.1 Å². The van der Waals surface area contributed by atoms with Gasteiger partial charge >= 0.3 is 0 Å². The van der Waals surface area contributed by atoms with Crippen molar-refractivity contribution >= 4 is 5.69 Å². The maximum Gasteiger partial charge on any atom is 0.269 e.